The van der Waals surface area contributed by atoms with E-state index in [1.807, 2.05) is 6.20 Å². The topological polar surface area (TPSA) is 38.1 Å². The van der Waals surface area contributed by atoms with Crippen molar-refractivity contribution in [2.45, 2.75) is 31.5 Å². The molecular formula is C17H18F3N3O. The molecular weight excluding hydrogens is 319 g/mol. The summed E-state index contributed by atoms with van der Waals surface area (Å²) in [7, 11) is 1.80. The molecule has 1 amide bonds. The van der Waals surface area contributed by atoms with Crippen LogP contribution in [0.2, 0.25) is 0 Å². The first-order valence-electron chi connectivity index (χ1n) is 7.83. The summed E-state index contributed by atoms with van der Waals surface area (Å²) in [4.78, 5) is 14.5. The average molecular weight is 337 g/mol. The van der Waals surface area contributed by atoms with Crippen LogP contribution in [0, 0.1) is 0 Å². The van der Waals surface area contributed by atoms with Gasteiger partial charge < -0.3 is 4.90 Å². The lowest BCUT2D eigenvalue weighted by Crippen LogP contribution is -2.38. The fourth-order valence-electron chi connectivity index (χ4n) is 3.13. The lowest BCUT2D eigenvalue weighted by Gasteiger charge is -2.35. The Morgan fingerprint density at radius 1 is 1.29 bits per heavy atom. The Balaban J connectivity index is 1.90. The molecule has 128 valence electrons. The van der Waals surface area contributed by atoms with Crippen molar-refractivity contribution in [3.8, 4) is 0 Å². The number of nitrogens with zero attached hydrogens (tertiary/aromatic N) is 3. The van der Waals surface area contributed by atoms with Gasteiger partial charge in [-0.25, -0.2) is 0 Å². The zero-order valence-corrected chi connectivity index (χ0v) is 13.3. The summed E-state index contributed by atoms with van der Waals surface area (Å²) in [5.41, 5.74) is 0.182. The van der Waals surface area contributed by atoms with Crippen molar-refractivity contribution < 1.29 is 18.0 Å². The molecule has 7 heteroatoms. The van der Waals surface area contributed by atoms with Crippen LogP contribution < -0.4 is 0 Å². The Hall–Kier alpha value is -2.31. The molecule has 1 fully saturated rings. The van der Waals surface area contributed by atoms with Crippen LogP contribution in [0.15, 0.2) is 36.7 Å². The molecule has 0 saturated carbocycles. The minimum absolute atomic E-state index is 0.0700. The van der Waals surface area contributed by atoms with Crippen LogP contribution in [0.5, 0.6) is 0 Å². The number of aromatic nitrogens is 2. The predicted molar refractivity (Wildman–Crippen MR) is 82.3 cm³/mol. The van der Waals surface area contributed by atoms with Crippen LogP contribution in [0.4, 0.5) is 13.2 Å². The number of benzene rings is 1. The molecule has 1 aliphatic rings. The normalized spacial score (nSPS) is 18.7. The van der Waals surface area contributed by atoms with E-state index in [1.54, 1.807) is 22.8 Å². The summed E-state index contributed by atoms with van der Waals surface area (Å²) in [6.45, 7) is 0.536. The second kappa shape index (κ2) is 6.30. The fourth-order valence-corrected chi connectivity index (χ4v) is 3.13. The maximum absolute atomic E-state index is 12.9. The first kappa shape index (κ1) is 16.5. The zero-order valence-electron chi connectivity index (χ0n) is 13.3. The number of alkyl halides is 3. The molecule has 0 spiro atoms. The van der Waals surface area contributed by atoms with Crippen molar-refractivity contribution in [2.75, 3.05) is 6.54 Å². The average Bonchev–Trinajstić information content (AvgIpc) is 3.00. The molecule has 2 aromatic rings. The van der Waals surface area contributed by atoms with Gasteiger partial charge in [-0.1, -0.05) is 6.07 Å². The highest BCUT2D eigenvalue weighted by atomic mass is 19.4. The quantitative estimate of drug-likeness (QED) is 0.836. The molecule has 24 heavy (non-hydrogen) atoms. The van der Waals surface area contributed by atoms with Crippen molar-refractivity contribution in [1.82, 2.24) is 14.7 Å². The van der Waals surface area contributed by atoms with E-state index in [4.69, 9.17) is 0 Å². The monoisotopic (exact) mass is 337 g/mol. The third-order valence-electron chi connectivity index (χ3n) is 4.31. The maximum Gasteiger partial charge on any atom is 0.416 e. The lowest BCUT2D eigenvalue weighted by molar-refractivity contribution is -0.137. The predicted octanol–water partition coefficient (Wildman–Crippen LogP) is 3.81. The Morgan fingerprint density at radius 3 is 2.75 bits per heavy atom. The van der Waals surface area contributed by atoms with Crippen LogP contribution in [-0.2, 0) is 13.2 Å². The molecule has 1 aliphatic heterocycles. The largest absolute Gasteiger partial charge is 0.416 e. The highest BCUT2D eigenvalue weighted by Gasteiger charge is 2.33. The van der Waals surface area contributed by atoms with Crippen molar-refractivity contribution in [3.63, 3.8) is 0 Å². The van der Waals surface area contributed by atoms with Gasteiger partial charge in [0, 0.05) is 30.9 Å². The van der Waals surface area contributed by atoms with E-state index in [1.165, 1.54) is 12.1 Å². The van der Waals surface area contributed by atoms with Gasteiger partial charge in [0.15, 0.2) is 0 Å². The maximum atomic E-state index is 12.9. The van der Waals surface area contributed by atoms with Crippen molar-refractivity contribution in [2.24, 2.45) is 7.05 Å². The van der Waals surface area contributed by atoms with E-state index in [9.17, 15) is 18.0 Å². The van der Waals surface area contributed by atoms with Gasteiger partial charge in [0.25, 0.3) is 5.91 Å². The Morgan fingerprint density at radius 2 is 2.08 bits per heavy atom. The second-order valence-electron chi connectivity index (χ2n) is 6.04. The zero-order chi connectivity index (χ0) is 17.3. The number of halogens is 3. The molecule has 1 atom stereocenters. The van der Waals surface area contributed by atoms with E-state index in [0.29, 0.717) is 6.54 Å². The molecule has 0 radical (unpaired) electrons. The van der Waals surface area contributed by atoms with Gasteiger partial charge >= 0.3 is 6.18 Å². The number of piperidine rings is 1. The number of amides is 1. The van der Waals surface area contributed by atoms with Crippen LogP contribution in [0.25, 0.3) is 0 Å². The van der Waals surface area contributed by atoms with Crippen LogP contribution in [0.3, 0.4) is 0 Å². The third kappa shape index (κ3) is 3.29. The Bertz CT molecular complexity index is 739. The standard InChI is InChI=1S/C17H18F3N3O/c1-22-11-13(10-21-22)15-7-2-3-8-23(15)16(24)12-5-4-6-14(9-12)17(18,19)20/h4-6,9-11,15H,2-3,7-8H2,1H3. The van der Waals surface area contributed by atoms with Crippen LogP contribution >= 0.6 is 0 Å². The molecule has 1 aromatic heterocycles. The van der Waals surface area contributed by atoms with Crippen LogP contribution in [-0.4, -0.2) is 27.1 Å². The fraction of sp³-hybridized carbons (Fsp3) is 0.412. The van der Waals surface area contributed by atoms with E-state index < -0.39 is 11.7 Å². The summed E-state index contributed by atoms with van der Waals surface area (Å²) in [6, 6.07) is 4.48. The molecule has 1 unspecified atom stereocenters. The first-order valence-corrected chi connectivity index (χ1v) is 7.83. The number of rotatable bonds is 2. The molecule has 1 aromatic carbocycles. The lowest BCUT2D eigenvalue weighted by atomic mass is 9.96. The van der Waals surface area contributed by atoms with Gasteiger partial charge in [0.1, 0.15) is 0 Å². The molecule has 4 nitrogen and oxygen atoms in total. The highest BCUT2D eigenvalue weighted by molar-refractivity contribution is 5.94. The number of hydrogen-bond donors (Lipinski definition) is 0. The number of carbonyl (C=O) groups is 1. The van der Waals surface area contributed by atoms with Gasteiger partial charge in [-0.3, -0.25) is 9.48 Å². The van der Waals surface area contributed by atoms with Gasteiger partial charge in [-0.15, -0.1) is 0 Å². The number of carbonyl (C=O) groups excluding carboxylic acids is 1. The van der Waals surface area contributed by atoms with E-state index in [-0.39, 0.29) is 17.5 Å². The van der Waals surface area contributed by atoms with E-state index >= 15 is 0 Å². The van der Waals surface area contributed by atoms with Crippen molar-refractivity contribution in [1.29, 1.82) is 0 Å². The minimum Gasteiger partial charge on any atom is -0.331 e. The van der Waals surface area contributed by atoms with Gasteiger partial charge in [-0.05, 0) is 37.5 Å². The molecule has 0 N–H and O–H groups in total. The number of likely N-dealkylation sites (tertiary alicyclic amines) is 1. The second-order valence-corrected chi connectivity index (χ2v) is 6.04. The van der Waals surface area contributed by atoms with Crippen molar-refractivity contribution in [3.05, 3.63) is 53.3 Å². The summed E-state index contributed by atoms with van der Waals surface area (Å²) < 4.78 is 40.3. The number of hydrogen-bond acceptors (Lipinski definition) is 2. The molecule has 0 aliphatic carbocycles. The SMILES string of the molecule is Cn1cc(C2CCCCN2C(=O)c2cccc(C(F)(F)F)c2)cn1. The van der Waals surface area contributed by atoms with Gasteiger partial charge in [0.05, 0.1) is 17.8 Å². The van der Waals surface area contributed by atoms with Crippen molar-refractivity contribution >= 4 is 5.91 Å². The Kier molecular flexibility index (Phi) is 4.34. The summed E-state index contributed by atoms with van der Waals surface area (Å²) in [5.74, 6) is -0.366. The number of aryl methyl sites for hydroxylation is 1. The summed E-state index contributed by atoms with van der Waals surface area (Å²) in [5, 5.41) is 4.13. The molecule has 0 bridgehead atoms. The Labute approximate surface area is 137 Å². The summed E-state index contributed by atoms with van der Waals surface area (Å²) >= 11 is 0. The molecule has 1 saturated heterocycles. The third-order valence-corrected chi connectivity index (χ3v) is 4.31. The molecule has 3 rings (SSSR count). The summed E-state index contributed by atoms with van der Waals surface area (Å²) in [6.07, 6.45) is 1.72. The first-order chi connectivity index (χ1) is 11.4. The van der Waals surface area contributed by atoms with E-state index in [2.05, 4.69) is 5.10 Å². The smallest absolute Gasteiger partial charge is 0.331 e. The molecule has 2 heterocycles. The van der Waals surface area contributed by atoms with E-state index in [0.717, 1.165) is 37.0 Å². The minimum atomic E-state index is -4.46. The van der Waals surface area contributed by atoms with Gasteiger partial charge in [0.2, 0.25) is 0 Å². The van der Waals surface area contributed by atoms with Gasteiger partial charge in [-0.2, -0.15) is 18.3 Å². The highest BCUT2D eigenvalue weighted by Crippen LogP contribution is 2.33. The van der Waals surface area contributed by atoms with Crippen LogP contribution in [0.1, 0.15) is 46.8 Å².